The molecular weight excluding hydrogens is 546 g/mol. The number of aromatic nitrogens is 2. The first-order valence-electron chi connectivity index (χ1n) is 14.5. The van der Waals surface area contributed by atoms with Gasteiger partial charge in [0.25, 0.3) is 0 Å². The number of nitrogens with zero attached hydrogens (tertiary/aromatic N) is 2. The summed E-state index contributed by atoms with van der Waals surface area (Å²) in [5.41, 5.74) is 0.176. The summed E-state index contributed by atoms with van der Waals surface area (Å²) in [7, 11) is 0. The van der Waals surface area contributed by atoms with Crippen molar-refractivity contribution in [2.75, 3.05) is 0 Å². The molecule has 222 valence electrons. The molecule has 4 aliphatic carbocycles. The number of furan rings is 1. The smallest absolute Gasteiger partial charge is 0.336 e. The largest absolute Gasteiger partial charge is 0.479 e. The van der Waals surface area contributed by atoms with Gasteiger partial charge in [-0.1, -0.05) is 19.4 Å². The molecule has 2 heterocycles. The summed E-state index contributed by atoms with van der Waals surface area (Å²) in [4.78, 5) is 12.9. The van der Waals surface area contributed by atoms with Gasteiger partial charge < -0.3 is 24.5 Å². The van der Waals surface area contributed by atoms with E-state index in [9.17, 15) is 28.9 Å². The zero-order chi connectivity index (χ0) is 29.6. The highest BCUT2D eigenvalue weighted by Gasteiger charge is 2.70. The molecule has 0 aliphatic heterocycles. The lowest BCUT2D eigenvalue weighted by Crippen LogP contribution is -2.62. The first-order chi connectivity index (χ1) is 20.0. The molecule has 0 bridgehead atoms. The Morgan fingerprint density at radius 3 is 2.67 bits per heavy atom. The van der Waals surface area contributed by atoms with Gasteiger partial charge in [-0.15, -0.1) is 0 Å². The topological polar surface area (TPSA) is 118 Å². The average Bonchev–Trinajstić information content (AvgIpc) is 3.65. The minimum Gasteiger partial charge on any atom is -0.479 e. The number of hydrogen-bond acceptors (Lipinski definition) is 6. The molecule has 1 unspecified atom stereocenters. The van der Waals surface area contributed by atoms with Crippen LogP contribution in [0, 0.1) is 40.2 Å². The van der Waals surface area contributed by atoms with Crippen molar-refractivity contribution in [2.24, 2.45) is 28.6 Å². The number of carboxylic acid groups (broad SMARTS) is 1. The first kappa shape index (κ1) is 27.5. The minimum absolute atomic E-state index is 0.0384. The molecule has 0 spiro atoms. The molecule has 1 aromatic carbocycles. The number of aliphatic hydroxyl groups excluding tert-OH is 2. The fourth-order valence-electron chi connectivity index (χ4n) is 9.32. The maximum Gasteiger partial charge on any atom is 0.336 e. The number of rotatable bonds is 5. The van der Waals surface area contributed by atoms with E-state index >= 15 is 0 Å². The molecule has 0 amide bonds. The molecule has 0 radical (unpaired) electrons. The third-order valence-corrected chi connectivity index (χ3v) is 11.1. The van der Waals surface area contributed by atoms with Crippen molar-refractivity contribution in [3.8, 4) is 5.69 Å². The number of fused-ring (bicyclic) bond motifs is 6. The normalized spacial score (nSPS) is 35.9. The molecule has 7 rings (SSSR count). The third-order valence-electron chi connectivity index (χ3n) is 11.1. The number of ether oxygens (including phenoxy) is 1. The van der Waals surface area contributed by atoms with Crippen LogP contribution >= 0.6 is 0 Å². The number of allylic oxidation sites excluding steroid dienone is 1. The zero-order valence-electron chi connectivity index (χ0n) is 23.5. The summed E-state index contributed by atoms with van der Waals surface area (Å²) in [6, 6.07) is 6.49. The minimum atomic E-state index is -1.69. The fourth-order valence-corrected chi connectivity index (χ4v) is 9.32. The Bertz CT molecular complexity index is 1560. The summed E-state index contributed by atoms with van der Waals surface area (Å²) in [6.07, 6.45) is 5.99. The van der Waals surface area contributed by atoms with E-state index in [1.54, 1.807) is 23.0 Å². The highest BCUT2D eigenvalue weighted by atomic mass is 19.1. The van der Waals surface area contributed by atoms with E-state index in [1.165, 1.54) is 18.4 Å². The number of aliphatic hydroxyl groups is 2. The van der Waals surface area contributed by atoms with Gasteiger partial charge in [0.15, 0.2) is 11.4 Å². The van der Waals surface area contributed by atoms with Gasteiger partial charge >= 0.3 is 5.97 Å². The predicted octanol–water partition coefficient (Wildman–Crippen LogP) is 5.43. The highest BCUT2D eigenvalue weighted by molar-refractivity contribution is 5.79. The third kappa shape index (κ3) is 3.74. The quantitative estimate of drug-likeness (QED) is 0.345. The Kier molecular flexibility index (Phi) is 6.11. The van der Waals surface area contributed by atoms with Crippen LogP contribution in [0.25, 0.3) is 11.8 Å². The number of benzene rings is 1. The second-order valence-electron chi connectivity index (χ2n) is 13.0. The monoisotopic (exact) mass is 580 g/mol. The van der Waals surface area contributed by atoms with E-state index in [0.717, 1.165) is 35.7 Å². The molecule has 3 aromatic rings. The number of aliphatic carboxylic acids is 1. The van der Waals surface area contributed by atoms with Gasteiger partial charge in [-0.25, -0.2) is 18.3 Å². The van der Waals surface area contributed by atoms with Crippen LogP contribution in [0.4, 0.5) is 8.78 Å². The van der Waals surface area contributed by atoms with Crippen molar-refractivity contribution < 1.29 is 38.0 Å². The van der Waals surface area contributed by atoms with Gasteiger partial charge in [0.2, 0.25) is 6.29 Å². The van der Waals surface area contributed by atoms with Crippen molar-refractivity contribution in [1.29, 1.82) is 0 Å². The molecular formula is C32H34F2N2O6. The lowest BCUT2D eigenvalue weighted by atomic mass is 9.45. The van der Waals surface area contributed by atoms with Crippen molar-refractivity contribution in [1.82, 2.24) is 9.78 Å². The second-order valence-corrected chi connectivity index (χ2v) is 13.0. The standard InChI is InChI=1S/C32H34F2N2O6/c1-30-14-17-16-35-36(21-12-19(33)11-20(34)13-21)24(17)10-18(30)5-6-22-23-7-8-32(29(39)40,31(23,2)15-25(37)27(22)30)42-28(38)26-4-3-9-41-26/h3-4,9-13,16,22-23,25,27-28,37-38H,5-8,14-15H2,1-2H3,(H,39,40)/t22-,23-,25-,27+,28?,30-,31-,32-/m0/s1. The Morgan fingerprint density at radius 1 is 1.21 bits per heavy atom. The lowest BCUT2D eigenvalue weighted by Gasteiger charge is -2.60. The van der Waals surface area contributed by atoms with E-state index in [1.807, 2.05) is 6.92 Å². The maximum atomic E-state index is 14.0. The summed E-state index contributed by atoms with van der Waals surface area (Å²) in [6.45, 7) is 4.06. The van der Waals surface area contributed by atoms with Gasteiger partial charge in [-0.2, -0.15) is 5.10 Å². The fraction of sp³-hybridized carbons (Fsp3) is 0.500. The van der Waals surface area contributed by atoms with Crippen LogP contribution in [0.15, 0.2) is 52.8 Å². The summed E-state index contributed by atoms with van der Waals surface area (Å²) >= 11 is 0. The van der Waals surface area contributed by atoms with Crippen LogP contribution < -0.4 is 0 Å². The molecule has 8 atom stereocenters. The Labute approximate surface area is 241 Å². The molecule has 10 heteroatoms. The molecule has 3 fully saturated rings. The van der Waals surface area contributed by atoms with Crippen LogP contribution in [-0.2, 0) is 16.0 Å². The summed E-state index contributed by atoms with van der Waals surface area (Å²) in [5, 5.41) is 37.7. The molecule has 0 saturated heterocycles. The Morgan fingerprint density at radius 2 is 1.98 bits per heavy atom. The Balaban J connectivity index is 1.22. The van der Waals surface area contributed by atoms with E-state index in [-0.39, 0.29) is 36.4 Å². The van der Waals surface area contributed by atoms with Crippen molar-refractivity contribution in [3.05, 3.63) is 77.0 Å². The summed E-state index contributed by atoms with van der Waals surface area (Å²) < 4.78 is 40.9. The van der Waals surface area contributed by atoms with Crippen molar-refractivity contribution >= 4 is 12.0 Å². The predicted molar refractivity (Wildman–Crippen MR) is 146 cm³/mol. The van der Waals surface area contributed by atoms with Crippen molar-refractivity contribution in [3.63, 3.8) is 0 Å². The first-order valence-corrected chi connectivity index (χ1v) is 14.5. The molecule has 2 aromatic heterocycles. The van der Waals surface area contributed by atoms with E-state index in [0.29, 0.717) is 18.5 Å². The van der Waals surface area contributed by atoms with Gasteiger partial charge in [-0.05, 0) is 97.6 Å². The van der Waals surface area contributed by atoms with E-state index in [2.05, 4.69) is 18.1 Å². The van der Waals surface area contributed by atoms with Crippen LogP contribution in [0.1, 0.15) is 69.3 Å². The second kappa shape index (κ2) is 9.33. The van der Waals surface area contributed by atoms with Gasteiger partial charge in [0, 0.05) is 11.5 Å². The maximum absolute atomic E-state index is 14.0. The number of carboxylic acids is 1. The molecule has 8 nitrogen and oxygen atoms in total. The van der Waals surface area contributed by atoms with Gasteiger partial charge in [-0.3, -0.25) is 0 Å². The van der Waals surface area contributed by atoms with Crippen molar-refractivity contribution in [2.45, 2.75) is 70.4 Å². The molecule has 3 saturated carbocycles. The highest BCUT2D eigenvalue weighted by Crippen LogP contribution is 2.68. The van der Waals surface area contributed by atoms with E-state index < -0.39 is 46.4 Å². The number of hydrogen-bond donors (Lipinski definition) is 3. The van der Waals surface area contributed by atoms with Gasteiger partial charge in [0.05, 0.1) is 29.9 Å². The average molecular weight is 581 g/mol. The lowest BCUT2D eigenvalue weighted by molar-refractivity contribution is -0.256. The zero-order valence-corrected chi connectivity index (χ0v) is 23.5. The Hall–Kier alpha value is -3.34. The molecule has 42 heavy (non-hydrogen) atoms. The van der Waals surface area contributed by atoms with E-state index in [4.69, 9.17) is 9.15 Å². The van der Waals surface area contributed by atoms with Crippen LogP contribution in [0.5, 0.6) is 0 Å². The van der Waals surface area contributed by atoms with Gasteiger partial charge in [0.1, 0.15) is 11.6 Å². The number of halogens is 2. The summed E-state index contributed by atoms with van der Waals surface area (Å²) in [5.74, 6) is -2.48. The van der Waals surface area contributed by atoms with Crippen LogP contribution in [0.3, 0.4) is 0 Å². The SMILES string of the molecule is C[C@]12Cc3cnn(-c4cc(F)cc(F)c4)c3C=C1CC[C@@H]1[C@@H]2[C@@H](O)C[C@@]2(C)[C@H]1CC[C@]2(OC(O)c1ccco1)C(=O)O. The molecule has 3 N–H and O–H groups in total. The van der Waals surface area contributed by atoms with Crippen LogP contribution in [-0.4, -0.2) is 42.8 Å². The van der Waals surface area contributed by atoms with Crippen LogP contribution in [0.2, 0.25) is 0 Å². The number of carbonyl (C=O) groups is 1. The molecule has 4 aliphatic rings.